The van der Waals surface area contributed by atoms with Crippen LogP contribution < -0.4 is 10.2 Å². The summed E-state index contributed by atoms with van der Waals surface area (Å²) < 4.78 is 44.7. The van der Waals surface area contributed by atoms with Crippen LogP contribution in [-0.2, 0) is 36.5 Å². The van der Waals surface area contributed by atoms with Crippen molar-refractivity contribution in [2.75, 3.05) is 24.5 Å². The van der Waals surface area contributed by atoms with Crippen LogP contribution in [0.3, 0.4) is 0 Å². The van der Waals surface area contributed by atoms with Gasteiger partial charge in [-0.1, -0.05) is 30.9 Å². The van der Waals surface area contributed by atoms with Crippen LogP contribution in [0.4, 0.5) is 18.9 Å². The number of aromatic nitrogens is 3. The molecule has 2 aliphatic rings. The van der Waals surface area contributed by atoms with Gasteiger partial charge in [0.15, 0.2) is 0 Å². The molecule has 8 nitrogen and oxygen atoms in total. The van der Waals surface area contributed by atoms with E-state index in [0.717, 1.165) is 30.3 Å². The maximum Gasteiger partial charge on any atom is 0.416 e. The van der Waals surface area contributed by atoms with Gasteiger partial charge in [-0.15, -0.1) is 16.6 Å². The summed E-state index contributed by atoms with van der Waals surface area (Å²) >= 11 is 0. The number of hydrogen-bond acceptors (Lipinski definition) is 5. The summed E-state index contributed by atoms with van der Waals surface area (Å²) in [5, 5.41) is 11.5. The van der Waals surface area contributed by atoms with Crippen molar-refractivity contribution in [1.29, 1.82) is 0 Å². The molecule has 1 aliphatic heterocycles. The molecule has 2 aromatic carbocycles. The van der Waals surface area contributed by atoms with E-state index in [9.17, 15) is 22.8 Å². The molecule has 1 aliphatic carbocycles. The summed E-state index contributed by atoms with van der Waals surface area (Å²) in [6.45, 7) is 4.15. The van der Waals surface area contributed by atoms with Gasteiger partial charge in [-0.2, -0.15) is 13.2 Å². The number of carbonyl (C=O) groups is 2. The summed E-state index contributed by atoms with van der Waals surface area (Å²) in [6.07, 6.45) is 4.06. The minimum atomic E-state index is -4.65. The number of anilines is 1. The van der Waals surface area contributed by atoms with Crippen LogP contribution in [0.15, 0.2) is 42.7 Å². The van der Waals surface area contributed by atoms with Gasteiger partial charge in [0.25, 0.3) is 11.8 Å². The highest BCUT2D eigenvalue weighted by Crippen LogP contribution is 2.52. The predicted molar refractivity (Wildman–Crippen MR) is 159 cm³/mol. The molecule has 44 heavy (non-hydrogen) atoms. The number of rotatable bonds is 9. The highest BCUT2D eigenvalue weighted by molar-refractivity contribution is 6.10. The van der Waals surface area contributed by atoms with E-state index in [2.05, 4.69) is 40.2 Å². The number of benzene rings is 2. The number of hydrogen-bond donors (Lipinski definition) is 1. The topological polar surface area (TPSA) is 83.4 Å². The van der Waals surface area contributed by atoms with Gasteiger partial charge < -0.3 is 19.7 Å². The SMILES string of the molecule is C#CCN(CCNCc1cc2c(c(C(F)(F)F)c1)CN(c1cccc(C3(c4nncn4C)CC(C)C3)c1)C2=O)C(=O)C#CC. The lowest BCUT2D eigenvalue weighted by atomic mass is 9.58. The van der Waals surface area contributed by atoms with Gasteiger partial charge in [-0.05, 0) is 72.6 Å². The first-order valence-electron chi connectivity index (χ1n) is 14.3. The molecule has 0 radical (unpaired) electrons. The van der Waals surface area contributed by atoms with Gasteiger partial charge in [-0.3, -0.25) is 9.59 Å². The molecule has 2 heterocycles. The summed E-state index contributed by atoms with van der Waals surface area (Å²) in [6, 6.07) is 10.1. The van der Waals surface area contributed by atoms with Gasteiger partial charge in [-0.25, -0.2) is 0 Å². The maximum absolute atomic E-state index is 14.3. The smallest absolute Gasteiger partial charge is 0.320 e. The predicted octanol–water partition coefficient (Wildman–Crippen LogP) is 4.29. The molecule has 1 saturated carbocycles. The van der Waals surface area contributed by atoms with Gasteiger partial charge in [0, 0.05) is 37.9 Å². The third-order valence-corrected chi connectivity index (χ3v) is 8.34. The highest BCUT2D eigenvalue weighted by atomic mass is 19.4. The molecule has 2 amide bonds. The van der Waals surface area contributed by atoms with Crippen LogP contribution in [0.5, 0.6) is 0 Å². The lowest BCUT2D eigenvalue weighted by Crippen LogP contribution is -2.43. The van der Waals surface area contributed by atoms with Crippen molar-refractivity contribution in [2.24, 2.45) is 13.0 Å². The Hall–Kier alpha value is -4.61. The molecule has 5 rings (SSSR count). The van der Waals surface area contributed by atoms with Crippen molar-refractivity contribution in [1.82, 2.24) is 25.0 Å². The molecule has 0 spiro atoms. The number of nitrogens with zero attached hydrogens (tertiary/aromatic N) is 5. The monoisotopic (exact) mass is 602 g/mol. The number of nitrogens with one attached hydrogen (secondary N) is 1. The second kappa shape index (κ2) is 12.2. The number of carbonyl (C=O) groups excluding carboxylic acids is 2. The van der Waals surface area contributed by atoms with E-state index < -0.39 is 23.6 Å². The number of terminal acetylenes is 1. The molecule has 1 aromatic heterocycles. The fourth-order valence-corrected chi connectivity index (χ4v) is 6.39. The van der Waals surface area contributed by atoms with Crippen molar-refractivity contribution in [3.8, 4) is 24.2 Å². The van der Waals surface area contributed by atoms with E-state index in [1.54, 1.807) is 19.3 Å². The van der Waals surface area contributed by atoms with Crippen LogP contribution in [0.25, 0.3) is 0 Å². The summed E-state index contributed by atoms with van der Waals surface area (Å²) in [7, 11) is 1.89. The third kappa shape index (κ3) is 5.80. The zero-order chi connectivity index (χ0) is 31.6. The van der Waals surface area contributed by atoms with Crippen LogP contribution >= 0.6 is 0 Å². The van der Waals surface area contributed by atoms with Crippen molar-refractivity contribution < 1.29 is 22.8 Å². The molecule has 0 unspecified atom stereocenters. The standard InChI is InChI=1S/C33H33F3N6O2/c1-5-8-29(43)41(12-6-2)13-11-37-19-23-14-26-27(28(15-23)33(34,35)36)20-42(30(26)44)25-10-7-9-24(16-25)32(17-22(3)18-32)31-39-38-21-40(31)4/h2,7,9-10,14-16,21-22,37H,11-13,17-20H2,1,3-4H3. The van der Waals surface area contributed by atoms with E-state index in [1.165, 1.54) is 15.9 Å². The zero-order valence-electron chi connectivity index (χ0n) is 24.8. The summed E-state index contributed by atoms with van der Waals surface area (Å²) in [5.74, 6) is 7.76. The Bertz CT molecular complexity index is 1690. The van der Waals surface area contributed by atoms with Gasteiger partial charge in [0.1, 0.15) is 12.2 Å². The quantitative estimate of drug-likeness (QED) is 0.292. The van der Waals surface area contributed by atoms with E-state index in [-0.39, 0.29) is 49.3 Å². The summed E-state index contributed by atoms with van der Waals surface area (Å²) in [5.41, 5.74) is 0.584. The van der Waals surface area contributed by atoms with Crippen LogP contribution in [0.1, 0.15) is 65.1 Å². The van der Waals surface area contributed by atoms with E-state index in [0.29, 0.717) is 17.2 Å². The minimum absolute atomic E-state index is 0.0321. The molecule has 0 saturated heterocycles. The van der Waals surface area contributed by atoms with Crippen LogP contribution in [0, 0.1) is 30.1 Å². The average Bonchev–Trinajstić information content (AvgIpc) is 3.55. The minimum Gasteiger partial charge on any atom is -0.320 e. The van der Waals surface area contributed by atoms with Crippen molar-refractivity contribution >= 4 is 17.5 Å². The molecule has 0 atom stereocenters. The molecular formula is C33H33F3N6O2. The van der Waals surface area contributed by atoms with Gasteiger partial charge in [0.05, 0.1) is 24.1 Å². The molecule has 3 aromatic rings. The van der Waals surface area contributed by atoms with Gasteiger partial charge >= 0.3 is 6.18 Å². The second-order valence-electron chi connectivity index (χ2n) is 11.5. The normalized spacial score (nSPS) is 19.1. The van der Waals surface area contributed by atoms with E-state index in [4.69, 9.17) is 6.42 Å². The lowest BCUT2D eigenvalue weighted by Gasteiger charge is -2.46. The molecule has 228 valence electrons. The Labute approximate surface area is 254 Å². The largest absolute Gasteiger partial charge is 0.416 e. The Kier molecular flexibility index (Phi) is 8.53. The molecule has 1 fully saturated rings. The van der Waals surface area contributed by atoms with Gasteiger partial charge in [0.2, 0.25) is 0 Å². The number of fused-ring (bicyclic) bond motifs is 1. The number of halogens is 3. The van der Waals surface area contributed by atoms with Crippen LogP contribution in [-0.4, -0.2) is 51.1 Å². The Morgan fingerprint density at radius 3 is 2.66 bits per heavy atom. The zero-order valence-corrected chi connectivity index (χ0v) is 24.8. The Balaban J connectivity index is 1.38. The molecule has 11 heteroatoms. The first-order valence-corrected chi connectivity index (χ1v) is 14.3. The first kappa shape index (κ1) is 30.8. The Morgan fingerprint density at radius 2 is 2.02 bits per heavy atom. The number of amides is 2. The number of aryl methyl sites for hydroxylation is 1. The molecule has 0 bridgehead atoms. The van der Waals surface area contributed by atoms with Crippen molar-refractivity contribution in [2.45, 2.75) is 51.4 Å². The van der Waals surface area contributed by atoms with E-state index in [1.807, 2.05) is 29.8 Å². The van der Waals surface area contributed by atoms with Crippen molar-refractivity contribution in [3.05, 3.63) is 76.4 Å². The average molecular weight is 603 g/mol. The molecule has 1 N–H and O–H groups in total. The van der Waals surface area contributed by atoms with Crippen LogP contribution in [0.2, 0.25) is 0 Å². The van der Waals surface area contributed by atoms with Crippen molar-refractivity contribution in [3.63, 3.8) is 0 Å². The number of alkyl halides is 3. The first-order chi connectivity index (χ1) is 21.0. The Morgan fingerprint density at radius 1 is 1.25 bits per heavy atom. The lowest BCUT2D eigenvalue weighted by molar-refractivity contribution is -0.138. The fraction of sp³-hybridized carbons (Fsp3) is 0.394. The second-order valence-corrected chi connectivity index (χ2v) is 11.5. The molecular weight excluding hydrogens is 569 g/mol. The maximum atomic E-state index is 14.3. The van der Waals surface area contributed by atoms with E-state index >= 15 is 0 Å². The third-order valence-electron chi connectivity index (χ3n) is 8.34. The highest BCUT2D eigenvalue weighted by Gasteiger charge is 2.48. The summed E-state index contributed by atoms with van der Waals surface area (Å²) in [4.78, 5) is 28.6. The fourth-order valence-electron chi connectivity index (χ4n) is 6.39.